The van der Waals surface area contributed by atoms with E-state index in [2.05, 4.69) is 61.4 Å². The zero-order chi connectivity index (χ0) is 21.1. The van der Waals surface area contributed by atoms with E-state index in [9.17, 15) is 4.79 Å². The highest BCUT2D eigenvalue weighted by atomic mass is 16.1. The molecule has 0 radical (unpaired) electrons. The summed E-state index contributed by atoms with van der Waals surface area (Å²) in [6.07, 6.45) is 6.68. The summed E-state index contributed by atoms with van der Waals surface area (Å²) in [5.41, 5.74) is 9.23. The van der Waals surface area contributed by atoms with Crippen LogP contribution in [-0.2, 0) is 10.3 Å². The molecule has 0 aromatic heterocycles. The number of hydrogen-bond acceptors (Lipinski definition) is 4. The van der Waals surface area contributed by atoms with E-state index in [-0.39, 0.29) is 0 Å². The predicted molar refractivity (Wildman–Crippen MR) is 123 cm³/mol. The molecule has 0 saturated carbocycles. The van der Waals surface area contributed by atoms with Crippen molar-refractivity contribution in [1.82, 2.24) is 10.6 Å². The molecule has 4 heteroatoms. The summed E-state index contributed by atoms with van der Waals surface area (Å²) in [6.45, 7) is 9.81. The Bertz CT molecular complexity index is 783. The van der Waals surface area contributed by atoms with Gasteiger partial charge in [-0.15, -0.1) is 0 Å². The molecule has 0 bridgehead atoms. The third-order valence-corrected chi connectivity index (χ3v) is 5.37. The molecule has 2 aromatic carbocycles. The minimum Gasteiger partial charge on any atom is -0.376 e. The summed E-state index contributed by atoms with van der Waals surface area (Å²) in [5.74, 6) is 0. The Balaban J connectivity index is 0.000000426. The van der Waals surface area contributed by atoms with Gasteiger partial charge in [0, 0.05) is 6.04 Å². The molecule has 2 atom stereocenters. The molecule has 3 rings (SSSR count). The number of aldehydes is 1. The number of nitrogens with one attached hydrogen (secondary N) is 2. The lowest BCUT2D eigenvalue weighted by Gasteiger charge is -2.29. The minimum atomic E-state index is -0.777. The van der Waals surface area contributed by atoms with E-state index >= 15 is 0 Å². The van der Waals surface area contributed by atoms with Crippen molar-refractivity contribution in [3.8, 4) is 11.1 Å². The van der Waals surface area contributed by atoms with Crippen molar-refractivity contribution in [2.45, 2.75) is 51.1 Å². The fourth-order valence-corrected chi connectivity index (χ4v) is 3.68. The van der Waals surface area contributed by atoms with Crippen LogP contribution in [0.1, 0.15) is 43.7 Å². The highest BCUT2D eigenvalue weighted by Gasteiger charge is 2.30. The van der Waals surface area contributed by atoms with E-state index in [1.165, 1.54) is 24.9 Å². The number of aryl methyl sites for hydroxylation is 1. The van der Waals surface area contributed by atoms with Crippen LogP contribution in [0.5, 0.6) is 0 Å². The van der Waals surface area contributed by atoms with E-state index < -0.39 is 5.54 Å². The maximum Gasteiger partial charge on any atom is 0.149 e. The zero-order valence-electron chi connectivity index (χ0n) is 17.8. The molecule has 0 aliphatic carbocycles. The van der Waals surface area contributed by atoms with E-state index in [1.54, 1.807) is 6.20 Å². The van der Waals surface area contributed by atoms with Crippen LogP contribution < -0.4 is 16.4 Å². The Kier molecular flexibility index (Phi) is 9.10. The van der Waals surface area contributed by atoms with Crippen LogP contribution in [0.2, 0.25) is 0 Å². The SMILES string of the molecule is C=CNC(C=O)(CCCN)c1cccc(-c2cccc(C)c2)c1.CC1CCCN1. The number of benzene rings is 2. The van der Waals surface area contributed by atoms with Crippen molar-refractivity contribution in [3.63, 3.8) is 0 Å². The van der Waals surface area contributed by atoms with Crippen molar-refractivity contribution in [1.29, 1.82) is 0 Å². The number of carbonyl (C=O) groups is 1. The fourth-order valence-electron chi connectivity index (χ4n) is 3.68. The van der Waals surface area contributed by atoms with Crippen LogP contribution in [0.4, 0.5) is 0 Å². The van der Waals surface area contributed by atoms with Crippen LogP contribution in [0, 0.1) is 6.92 Å². The van der Waals surface area contributed by atoms with Gasteiger partial charge in [0.25, 0.3) is 0 Å². The molecule has 1 aliphatic heterocycles. The predicted octanol–water partition coefficient (Wildman–Crippen LogP) is 4.29. The van der Waals surface area contributed by atoms with Crippen molar-refractivity contribution < 1.29 is 4.79 Å². The second-order valence-corrected chi connectivity index (χ2v) is 7.78. The Hall–Kier alpha value is -2.43. The number of carbonyl (C=O) groups excluding carboxylic acids is 1. The smallest absolute Gasteiger partial charge is 0.149 e. The highest BCUT2D eigenvalue weighted by Crippen LogP contribution is 2.29. The van der Waals surface area contributed by atoms with Gasteiger partial charge in [-0.05, 0) is 81.6 Å². The lowest BCUT2D eigenvalue weighted by Crippen LogP contribution is -2.41. The molecular weight excluding hydrogens is 358 g/mol. The summed E-state index contributed by atoms with van der Waals surface area (Å²) < 4.78 is 0. The molecule has 1 aliphatic rings. The molecule has 4 nitrogen and oxygen atoms in total. The number of hydrogen-bond donors (Lipinski definition) is 3. The Morgan fingerprint density at radius 2 is 1.97 bits per heavy atom. The maximum atomic E-state index is 11.9. The molecule has 156 valence electrons. The van der Waals surface area contributed by atoms with Crippen LogP contribution in [0.15, 0.2) is 61.3 Å². The lowest BCUT2D eigenvalue weighted by atomic mass is 9.85. The molecule has 0 amide bonds. The minimum absolute atomic E-state index is 0.548. The van der Waals surface area contributed by atoms with Gasteiger partial charge in [-0.3, -0.25) is 0 Å². The van der Waals surface area contributed by atoms with Gasteiger partial charge in [0.15, 0.2) is 0 Å². The largest absolute Gasteiger partial charge is 0.376 e. The third-order valence-electron chi connectivity index (χ3n) is 5.37. The van der Waals surface area contributed by atoms with Crippen LogP contribution in [0.3, 0.4) is 0 Å². The Morgan fingerprint density at radius 1 is 1.24 bits per heavy atom. The molecule has 1 heterocycles. The topological polar surface area (TPSA) is 67.2 Å². The van der Waals surface area contributed by atoms with Crippen molar-refractivity contribution in [3.05, 3.63) is 72.4 Å². The Labute approximate surface area is 175 Å². The molecule has 1 fully saturated rings. The van der Waals surface area contributed by atoms with Crippen LogP contribution >= 0.6 is 0 Å². The number of nitrogens with two attached hydrogens (primary N) is 1. The van der Waals surface area contributed by atoms with Gasteiger partial charge in [0.05, 0.1) is 0 Å². The molecular formula is C25H35N3O. The second kappa shape index (κ2) is 11.5. The first-order valence-corrected chi connectivity index (χ1v) is 10.5. The summed E-state index contributed by atoms with van der Waals surface area (Å²) >= 11 is 0. The number of rotatable bonds is 8. The van der Waals surface area contributed by atoms with E-state index in [1.807, 2.05) is 18.2 Å². The lowest BCUT2D eigenvalue weighted by molar-refractivity contribution is -0.113. The molecule has 1 saturated heterocycles. The third kappa shape index (κ3) is 6.55. The fraction of sp³-hybridized carbons (Fsp3) is 0.400. The average Bonchev–Trinajstić information content (AvgIpc) is 3.23. The molecule has 2 unspecified atom stereocenters. The van der Waals surface area contributed by atoms with Gasteiger partial charge >= 0.3 is 0 Å². The Morgan fingerprint density at radius 3 is 2.48 bits per heavy atom. The van der Waals surface area contributed by atoms with Crippen molar-refractivity contribution in [2.75, 3.05) is 13.1 Å². The second-order valence-electron chi connectivity index (χ2n) is 7.78. The van der Waals surface area contributed by atoms with Crippen LogP contribution in [0.25, 0.3) is 11.1 Å². The molecule has 2 aromatic rings. The average molecular weight is 394 g/mol. The summed E-state index contributed by atoms with van der Waals surface area (Å²) in [6, 6.07) is 17.2. The van der Waals surface area contributed by atoms with Crippen LogP contribution in [-0.4, -0.2) is 25.4 Å². The summed E-state index contributed by atoms with van der Waals surface area (Å²) in [5, 5.41) is 6.45. The van der Waals surface area contributed by atoms with Gasteiger partial charge < -0.3 is 21.2 Å². The highest BCUT2D eigenvalue weighted by molar-refractivity contribution is 5.72. The summed E-state index contributed by atoms with van der Waals surface area (Å²) in [4.78, 5) is 11.9. The zero-order valence-corrected chi connectivity index (χ0v) is 17.8. The molecule has 0 spiro atoms. The summed E-state index contributed by atoms with van der Waals surface area (Å²) in [7, 11) is 0. The monoisotopic (exact) mass is 393 g/mol. The standard InChI is InChI=1S/C20H24N2O.C5H11N/c1-3-22-20(15-23,11-6-12-21)19-10-5-9-18(14-19)17-8-4-7-16(2)13-17;1-5-3-2-4-6-5/h3-5,7-10,13-15,22H,1,6,11-12,21H2,2H3;5-6H,2-4H2,1H3. The maximum absolute atomic E-state index is 11.9. The quantitative estimate of drug-likeness (QED) is 0.586. The van der Waals surface area contributed by atoms with E-state index in [0.717, 1.165) is 35.4 Å². The van der Waals surface area contributed by atoms with Gasteiger partial charge in [-0.2, -0.15) is 0 Å². The molecule has 29 heavy (non-hydrogen) atoms. The van der Waals surface area contributed by atoms with Gasteiger partial charge in [-0.1, -0.05) is 54.6 Å². The van der Waals surface area contributed by atoms with Crippen molar-refractivity contribution >= 4 is 6.29 Å². The first kappa shape index (κ1) is 22.9. The van der Waals surface area contributed by atoms with E-state index in [4.69, 9.17) is 5.73 Å². The molecule has 4 N–H and O–H groups in total. The van der Waals surface area contributed by atoms with Gasteiger partial charge in [0.2, 0.25) is 0 Å². The van der Waals surface area contributed by atoms with Gasteiger partial charge in [-0.25, -0.2) is 0 Å². The normalized spacial score (nSPS) is 17.6. The first-order chi connectivity index (χ1) is 14.0. The first-order valence-electron chi connectivity index (χ1n) is 10.5. The van der Waals surface area contributed by atoms with Crippen molar-refractivity contribution in [2.24, 2.45) is 5.73 Å². The van der Waals surface area contributed by atoms with E-state index in [0.29, 0.717) is 13.0 Å². The van der Waals surface area contributed by atoms with Gasteiger partial charge in [0.1, 0.15) is 11.8 Å².